The summed E-state index contributed by atoms with van der Waals surface area (Å²) in [6.07, 6.45) is 6.04. The Morgan fingerprint density at radius 3 is 2.59 bits per heavy atom. The molecule has 0 aliphatic heterocycles. The number of allylic oxidation sites excluding steroid dienone is 2. The maximum atomic E-state index is 13.1. The van der Waals surface area contributed by atoms with Crippen LogP contribution in [0.5, 0.6) is 0 Å². The number of hydrogen-bond acceptors (Lipinski definition) is 5. The molecule has 0 aromatic rings. The lowest BCUT2D eigenvalue weighted by molar-refractivity contribution is -0.143. The number of aliphatic hydroxyl groups is 2. The molecule has 3 saturated carbocycles. The molecule has 0 spiro atoms. The molecule has 4 aliphatic carbocycles. The molecule has 3 fully saturated rings. The maximum absolute atomic E-state index is 13.1. The lowest BCUT2D eigenvalue weighted by Gasteiger charge is -2.57. The van der Waals surface area contributed by atoms with Gasteiger partial charge >= 0.3 is 0 Å². The molecule has 29 heavy (non-hydrogen) atoms. The van der Waals surface area contributed by atoms with Crippen LogP contribution in [0.25, 0.3) is 0 Å². The third-order valence-electron chi connectivity index (χ3n) is 9.38. The number of aliphatic hydroxyl groups excluding tert-OH is 2. The SMILES string of the molecule is COCCNC(C)C1CCC2C3=CC(=O)C4CC(O)C(O)CC4(C)C3CCC21C. The van der Waals surface area contributed by atoms with Crippen molar-refractivity contribution in [2.45, 2.75) is 77.5 Å². The minimum Gasteiger partial charge on any atom is -0.390 e. The van der Waals surface area contributed by atoms with Gasteiger partial charge in [0.1, 0.15) is 0 Å². The fourth-order valence-electron chi connectivity index (χ4n) is 7.79. The number of fused-ring (bicyclic) bond motifs is 5. The first-order valence-corrected chi connectivity index (χ1v) is 11.6. The molecule has 164 valence electrons. The zero-order valence-electron chi connectivity index (χ0n) is 18.5. The average molecular weight is 406 g/mol. The van der Waals surface area contributed by atoms with Crippen molar-refractivity contribution < 1.29 is 19.7 Å². The van der Waals surface area contributed by atoms with Crippen molar-refractivity contribution in [2.75, 3.05) is 20.3 Å². The zero-order chi connectivity index (χ0) is 21.0. The normalized spacial score (nSPS) is 47.8. The Morgan fingerprint density at radius 2 is 1.86 bits per heavy atom. The monoisotopic (exact) mass is 405 g/mol. The highest BCUT2D eigenvalue weighted by Crippen LogP contribution is 2.65. The summed E-state index contributed by atoms with van der Waals surface area (Å²) in [5.41, 5.74) is 1.36. The maximum Gasteiger partial charge on any atom is 0.159 e. The standard InChI is InChI=1S/C24H39NO4/c1-14(25-9-10-29-4)16-5-6-17-15-11-20(26)19-12-21(27)22(28)13-24(19,3)18(15)7-8-23(16,17)2/h11,14,16-19,21-22,25,27-28H,5-10,12-13H2,1-4H3. The Bertz CT molecular complexity index is 678. The average Bonchev–Trinajstić information content (AvgIpc) is 3.02. The van der Waals surface area contributed by atoms with Crippen molar-refractivity contribution in [3.8, 4) is 0 Å². The summed E-state index contributed by atoms with van der Waals surface area (Å²) in [4.78, 5) is 13.1. The molecular formula is C24H39NO4. The Hall–Kier alpha value is -0.750. The lowest BCUT2D eigenvalue weighted by Crippen LogP contribution is -2.56. The van der Waals surface area contributed by atoms with Gasteiger partial charge in [-0.2, -0.15) is 0 Å². The fraction of sp³-hybridized carbons (Fsp3) is 0.875. The number of carbonyl (C=O) groups is 1. The van der Waals surface area contributed by atoms with Crippen molar-refractivity contribution in [1.82, 2.24) is 5.32 Å². The van der Waals surface area contributed by atoms with E-state index in [1.165, 1.54) is 18.4 Å². The van der Waals surface area contributed by atoms with Gasteiger partial charge in [-0.15, -0.1) is 0 Å². The first-order chi connectivity index (χ1) is 13.7. The predicted octanol–water partition coefficient (Wildman–Crippen LogP) is 2.70. The number of ether oxygens (including phenoxy) is 1. The molecule has 5 nitrogen and oxygen atoms in total. The van der Waals surface area contributed by atoms with Gasteiger partial charge in [-0.05, 0) is 80.1 Å². The summed E-state index contributed by atoms with van der Waals surface area (Å²) < 4.78 is 5.20. The third-order valence-corrected chi connectivity index (χ3v) is 9.38. The van der Waals surface area contributed by atoms with Crippen molar-refractivity contribution in [1.29, 1.82) is 0 Å². The molecule has 0 bridgehead atoms. The van der Waals surface area contributed by atoms with Gasteiger partial charge in [0.2, 0.25) is 0 Å². The zero-order valence-corrected chi connectivity index (χ0v) is 18.5. The molecule has 0 saturated heterocycles. The predicted molar refractivity (Wildman–Crippen MR) is 112 cm³/mol. The van der Waals surface area contributed by atoms with E-state index >= 15 is 0 Å². The van der Waals surface area contributed by atoms with E-state index in [2.05, 4.69) is 26.1 Å². The van der Waals surface area contributed by atoms with Crippen LogP contribution >= 0.6 is 0 Å². The number of methoxy groups -OCH3 is 1. The minimum atomic E-state index is -0.768. The van der Waals surface area contributed by atoms with E-state index in [0.717, 1.165) is 26.0 Å². The first-order valence-electron chi connectivity index (χ1n) is 11.6. The summed E-state index contributed by atoms with van der Waals surface area (Å²) in [6.45, 7) is 8.55. The summed E-state index contributed by atoms with van der Waals surface area (Å²) in [5, 5.41) is 24.3. The van der Waals surface area contributed by atoms with Crippen LogP contribution in [-0.4, -0.2) is 54.5 Å². The van der Waals surface area contributed by atoms with E-state index in [4.69, 9.17) is 4.74 Å². The number of rotatable bonds is 5. The highest BCUT2D eigenvalue weighted by Gasteiger charge is 2.60. The third kappa shape index (κ3) is 3.33. The van der Waals surface area contributed by atoms with Crippen LogP contribution < -0.4 is 5.32 Å². The van der Waals surface area contributed by atoms with Gasteiger partial charge in [-0.3, -0.25) is 4.79 Å². The van der Waals surface area contributed by atoms with Crippen molar-refractivity contribution in [3.05, 3.63) is 11.6 Å². The van der Waals surface area contributed by atoms with Gasteiger partial charge in [0.05, 0.1) is 18.8 Å². The van der Waals surface area contributed by atoms with Gasteiger partial charge in [0.15, 0.2) is 5.78 Å². The van der Waals surface area contributed by atoms with Crippen LogP contribution in [0.1, 0.15) is 59.3 Å². The van der Waals surface area contributed by atoms with Crippen LogP contribution in [0.2, 0.25) is 0 Å². The van der Waals surface area contributed by atoms with Crippen molar-refractivity contribution in [3.63, 3.8) is 0 Å². The van der Waals surface area contributed by atoms with Gasteiger partial charge in [0, 0.05) is 25.6 Å². The second-order valence-electron chi connectivity index (χ2n) is 10.7. The van der Waals surface area contributed by atoms with E-state index in [1.807, 2.05) is 6.08 Å². The number of nitrogens with one attached hydrogen (secondary N) is 1. The largest absolute Gasteiger partial charge is 0.390 e. The Kier molecular flexibility index (Phi) is 5.73. The molecular weight excluding hydrogens is 366 g/mol. The fourth-order valence-corrected chi connectivity index (χ4v) is 7.79. The summed E-state index contributed by atoms with van der Waals surface area (Å²) in [5.74, 6) is 1.46. The molecule has 9 unspecified atom stereocenters. The second-order valence-corrected chi connectivity index (χ2v) is 10.7. The van der Waals surface area contributed by atoms with Gasteiger partial charge < -0.3 is 20.3 Å². The molecule has 9 atom stereocenters. The van der Waals surface area contributed by atoms with E-state index in [0.29, 0.717) is 36.6 Å². The summed E-state index contributed by atoms with van der Waals surface area (Å²) in [7, 11) is 1.74. The van der Waals surface area contributed by atoms with Crippen LogP contribution in [0.4, 0.5) is 0 Å². The van der Waals surface area contributed by atoms with Gasteiger partial charge in [-0.25, -0.2) is 0 Å². The van der Waals surface area contributed by atoms with E-state index < -0.39 is 12.2 Å². The quantitative estimate of drug-likeness (QED) is 0.613. The Morgan fingerprint density at radius 1 is 1.14 bits per heavy atom. The van der Waals surface area contributed by atoms with Crippen LogP contribution in [0, 0.1) is 34.5 Å². The highest BCUT2D eigenvalue weighted by molar-refractivity contribution is 5.94. The van der Waals surface area contributed by atoms with E-state index in [-0.39, 0.29) is 22.5 Å². The number of ketones is 1. The summed E-state index contributed by atoms with van der Waals surface area (Å²) in [6, 6.07) is 0.437. The van der Waals surface area contributed by atoms with E-state index in [9.17, 15) is 15.0 Å². The molecule has 0 aromatic carbocycles. The minimum absolute atomic E-state index is 0.147. The Balaban J connectivity index is 1.59. The molecule has 0 amide bonds. The number of carbonyl (C=O) groups excluding carboxylic acids is 1. The smallest absolute Gasteiger partial charge is 0.159 e. The van der Waals surface area contributed by atoms with Crippen LogP contribution in [-0.2, 0) is 9.53 Å². The Labute approximate surface area is 175 Å². The van der Waals surface area contributed by atoms with Gasteiger partial charge in [-0.1, -0.05) is 19.4 Å². The number of hydrogen-bond donors (Lipinski definition) is 3. The highest BCUT2D eigenvalue weighted by atomic mass is 16.5. The van der Waals surface area contributed by atoms with Gasteiger partial charge in [0.25, 0.3) is 0 Å². The van der Waals surface area contributed by atoms with E-state index in [1.54, 1.807) is 7.11 Å². The molecule has 4 rings (SSSR count). The molecule has 0 heterocycles. The molecule has 5 heteroatoms. The second kappa shape index (κ2) is 7.74. The molecule has 3 N–H and O–H groups in total. The molecule has 4 aliphatic rings. The summed E-state index contributed by atoms with van der Waals surface area (Å²) >= 11 is 0. The topological polar surface area (TPSA) is 78.8 Å². The molecule has 0 radical (unpaired) electrons. The van der Waals surface area contributed by atoms with Crippen molar-refractivity contribution >= 4 is 5.78 Å². The van der Waals surface area contributed by atoms with Crippen LogP contribution in [0.15, 0.2) is 11.6 Å². The lowest BCUT2D eigenvalue weighted by atomic mass is 9.47. The van der Waals surface area contributed by atoms with Crippen molar-refractivity contribution in [2.24, 2.45) is 34.5 Å². The molecule has 0 aromatic heterocycles. The first kappa shape index (κ1) is 21.5. The van der Waals surface area contributed by atoms with Crippen LogP contribution in [0.3, 0.4) is 0 Å².